The zero-order valence-electron chi connectivity index (χ0n) is 14.1. The average Bonchev–Trinajstić information content (AvgIpc) is 3.05. The summed E-state index contributed by atoms with van der Waals surface area (Å²) in [6.45, 7) is 0.503. The first kappa shape index (κ1) is 15.5. The van der Waals surface area contributed by atoms with Gasteiger partial charge < -0.3 is 4.42 Å². The van der Waals surface area contributed by atoms with Gasteiger partial charge in [0.25, 0.3) is 10.0 Å². The molecule has 130 valence electrons. The number of rotatable bonds is 2. The van der Waals surface area contributed by atoms with E-state index in [0.717, 1.165) is 40.4 Å². The van der Waals surface area contributed by atoms with Gasteiger partial charge in [-0.15, -0.1) is 0 Å². The Labute approximate surface area is 151 Å². The van der Waals surface area contributed by atoms with Crippen LogP contribution in [0, 0.1) is 0 Å². The largest absolute Gasteiger partial charge is 0.456 e. The Morgan fingerprint density at radius 1 is 0.846 bits per heavy atom. The molecule has 5 heteroatoms. The molecule has 26 heavy (non-hydrogen) atoms. The van der Waals surface area contributed by atoms with Crippen molar-refractivity contribution in [3.05, 3.63) is 72.3 Å². The lowest BCUT2D eigenvalue weighted by Gasteiger charge is -2.30. The van der Waals surface area contributed by atoms with E-state index in [0.29, 0.717) is 17.0 Å². The van der Waals surface area contributed by atoms with Crippen LogP contribution < -0.4 is 4.31 Å². The molecule has 0 bridgehead atoms. The van der Waals surface area contributed by atoms with Crippen LogP contribution >= 0.6 is 0 Å². The molecule has 0 fully saturated rings. The first-order chi connectivity index (χ1) is 12.6. The molecule has 0 spiro atoms. The monoisotopic (exact) mass is 363 g/mol. The number of anilines is 1. The molecule has 0 saturated carbocycles. The third-order valence-electron chi connectivity index (χ3n) is 5.00. The van der Waals surface area contributed by atoms with Crippen molar-refractivity contribution in [3.63, 3.8) is 0 Å². The summed E-state index contributed by atoms with van der Waals surface area (Å²) in [5.74, 6) is 0. The molecule has 0 radical (unpaired) electrons. The first-order valence-electron chi connectivity index (χ1n) is 8.66. The second kappa shape index (κ2) is 5.61. The van der Waals surface area contributed by atoms with E-state index in [9.17, 15) is 8.42 Å². The fourth-order valence-electron chi connectivity index (χ4n) is 3.74. The summed E-state index contributed by atoms with van der Waals surface area (Å²) in [5.41, 5.74) is 3.33. The number of furan rings is 1. The molecule has 3 aromatic carbocycles. The predicted octanol–water partition coefficient (Wildman–Crippen LogP) is 4.73. The summed E-state index contributed by atoms with van der Waals surface area (Å²) in [7, 11) is -3.62. The van der Waals surface area contributed by atoms with Crippen molar-refractivity contribution in [1.29, 1.82) is 0 Å². The molecule has 0 saturated heterocycles. The van der Waals surface area contributed by atoms with E-state index in [1.54, 1.807) is 18.2 Å². The molecular weight excluding hydrogens is 346 g/mol. The second-order valence-corrected chi connectivity index (χ2v) is 8.43. The van der Waals surface area contributed by atoms with Crippen molar-refractivity contribution in [2.24, 2.45) is 0 Å². The standard InChI is InChI=1S/C21H17NO3S/c23-26(24,22-13-5-7-15-6-1-3-9-19(15)22)16-11-12-21-18(14-16)17-8-2-4-10-20(17)25-21/h1-4,6,8-12,14H,5,7,13H2. The number of fused-ring (bicyclic) bond motifs is 4. The Kier molecular flexibility index (Phi) is 3.34. The number of hydrogen-bond donors (Lipinski definition) is 0. The molecule has 0 unspecified atom stereocenters. The molecule has 0 N–H and O–H groups in total. The minimum absolute atomic E-state index is 0.299. The Morgan fingerprint density at radius 2 is 1.62 bits per heavy atom. The van der Waals surface area contributed by atoms with Gasteiger partial charge in [-0.05, 0) is 48.7 Å². The molecule has 1 aromatic heterocycles. The van der Waals surface area contributed by atoms with Gasteiger partial charge in [-0.25, -0.2) is 8.42 Å². The fraction of sp³-hybridized carbons (Fsp3) is 0.143. The van der Waals surface area contributed by atoms with Gasteiger partial charge in [0.1, 0.15) is 11.2 Å². The van der Waals surface area contributed by atoms with Gasteiger partial charge in [0.2, 0.25) is 0 Å². The summed E-state index contributed by atoms with van der Waals surface area (Å²) >= 11 is 0. The molecule has 0 atom stereocenters. The second-order valence-electron chi connectivity index (χ2n) is 6.57. The van der Waals surface area contributed by atoms with E-state index < -0.39 is 10.0 Å². The predicted molar refractivity (Wildman–Crippen MR) is 103 cm³/mol. The summed E-state index contributed by atoms with van der Waals surface area (Å²) in [5, 5.41) is 1.76. The van der Waals surface area contributed by atoms with Gasteiger partial charge in [-0.2, -0.15) is 0 Å². The number of sulfonamides is 1. The van der Waals surface area contributed by atoms with E-state index in [4.69, 9.17) is 4.42 Å². The molecule has 0 aliphatic carbocycles. The zero-order valence-corrected chi connectivity index (χ0v) is 14.9. The van der Waals surface area contributed by atoms with Crippen molar-refractivity contribution in [2.75, 3.05) is 10.8 Å². The van der Waals surface area contributed by atoms with E-state index >= 15 is 0 Å². The third-order valence-corrected chi connectivity index (χ3v) is 6.81. The van der Waals surface area contributed by atoms with Crippen molar-refractivity contribution in [3.8, 4) is 0 Å². The summed E-state index contributed by atoms with van der Waals surface area (Å²) in [4.78, 5) is 0.299. The van der Waals surface area contributed by atoms with Crippen molar-refractivity contribution in [1.82, 2.24) is 0 Å². The van der Waals surface area contributed by atoms with E-state index in [1.807, 2.05) is 48.5 Å². The minimum Gasteiger partial charge on any atom is -0.456 e. The van der Waals surface area contributed by atoms with E-state index in [-0.39, 0.29) is 0 Å². The molecular formula is C21H17NO3S. The number of nitrogens with zero attached hydrogens (tertiary/aromatic N) is 1. The molecule has 5 rings (SSSR count). The van der Waals surface area contributed by atoms with Gasteiger partial charge in [0.05, 0.1) is 10.6 Å². The Hall–Kier alpha value is -2.79. The lowest BCUT2D eigenvalue weighted by atomic mass is 10.0. The summed E-state index contributed by atoms with van der Waals surface area (Å²) in [6.07, 6.45) is 1.74. The van der Waals surface area contributed by atoms with Gasteiger partial charge in [-0.1, -0.05) is 36.4 Å². The highest BCUT2D eigenvalue weighted by Crippen LogP contribution is 2.34. The lowest BCUT2D eigenvalue weighted by Crippen LogP contribution is -2.35. The fourth-order valence-corrected chi connectivity index (χ4v) is 5.31. The average molecular weight is 363 g/mol. The van der Waals surface area contributed by atoms with Crippen LogP contribution in [0.5, 0.6) is 0 Å². The molecule has 1 aliphatic rings. The zero-order chi connectivity index (χ0) is 17.7. The molecule has 4 aromatic rings. The smallest absolute Gasteiger partial charge is 0.264 e. The summed E-state index contributed by atoms with van der Waals surface area (Å²) in [6, 6.07) is 20.5. The molecule has 2 heterocycles. The third kappa shape index (κ3) is 2.24. The van der Waals surface area contributed by atoms with Crippen LogP contribution in [0.2, 0.25) is 0 Å². The Balaban J connectivity index is 1.68. The highest BCUT2D eigenvalue weighted by atomic mass is 32.2. The van der Waals surface area contributed by atoms with Crippen LogP contribution in [-0.2, 0) is 16.4 Å². The highest BCUT2D eigenvalue weighted by molar-refractivity contribution is 7.92. The van der Waals surface area contributed by atoms with Crippen LogP contribution in [0.15, 0.2) is 76.0 Å². The van der Waals surface area contributed by atoms with Crippen LogP contribution in [0.3, 0.4) is 0 Å². The maximum absolute atomic E-state index is 13.3. The van der Waals surface area contributed by atoms with Gasteiger partial charge >= 0.3 is 0 Å². The Morgan fingerprint density at radius 3 is 2.54 bits per heavy atom. The van der Waals surface area contributed by atoms with Crippen LogP contribution in [-0.4, -0.2) is 15.0 Å². The van der Waals surface area contributed by atoms with Gasteiger partial charge in [-0.3, -0.25) is 4.31 Å². The van der Waals surface area contributed by atoms with Crippen LogP contribution in [0.4, 0.5) is 5.69 Å². The molecule has 0 amide bonds. The van der Waals surface area contributed by atoms with Crippen molar-refractivity contribution >= 4 is 37.6 Å². The SMILES string of the molecule is O=S(=O)(c1ccc2oc3ccccc3c2c1)N1CCCc2ccccc21. The van der Waals surface area contributed by atoms with Crippen LogP contribution in [0.1, 0.15) is 12.0 Å². The molecule has 1 aliphatic heterocycles. The normalized spacial score (nSPS) is 14.7. The highest BCUT2D eigenvalue weighted by Gasteiger charge is 2.29. The number of para-hydroxylation sites is 2. The topological polar surface area (TPSA) is 50.5 Å². The summed E-state index contributed by atoms with van der Waals surface area (Å²) < 4.78 is 34.0. The van der Waals surface area contributed by atoms with Crippen molar-refractivity contribution in [2.45, 2.75) is 17.7 Å². The maximum atomic E-state index is 13.3. The lowest BCUT2D eigenvalue weighted by molar-refractivity contribution is 0.586. The van der Waals surface area contributed by atoms with Crippen molar-refractivity contribution < 1.29 is 12.8 Å². The number of benzene rings is 3. The Bertz CT molecular complexity index is 1240. The minimum atomic E-state index is -3.62. The van der Waals surface area contributed by atoms with E-state index in [2.05, 4.69) is 0 Å². The first-order valence-corrected chi connectivity index (χ1v) is 10.1. The van der Waals surface area contributed by atoms with Gasteiger partial charge in [0.15, 0.2) is 0 Å². The van der Waals surface area contributed by atoms with Crippen LogP contribution in [0.25, 0.3) is 21.9 Å². The van der Waals surface area contributed by atoms with E-state index in [1.165, 1.54) is 4.31 Å². The molecule has 4 nitrogen and oxygen atoms in total. The number of hydrogen-bond acceptors (Lipinski definition) is 3. The maximum Gasteiger partial charge on any atom is 0.264 e. The van der Waals surface area contributed by atoms with Gasteiger partial charge in [0, 0.05) is 17.3 Å². The number of aryl methyl sites for hydroxylation is 1. The quantitative estimate of drug-likeness (QED) is 0.517.